The van der Waals surface area contributed by atoms with E-state index in [0.717, 1.165) is 37.2 Å². The summed E-state index contributed by atoms with van der Waals surface area (Å²) in [6.07, 6.45) is 7.55. The van der Waals surface area contributed by atoms with Crippen LogP contribution in [-0.2, 0) is 4.79 Å². The van der Waals surface area contributed by atoms with Gasteiger partial charge in [-0.15, -0.1) is 0 Å². The van der Waals surface area contributed by atoms with Crippen LogP contribution in [0.1, 0.15) is 52.7 Å². The molecule has 1 atom stereocenters. The van der Waals surface area contributed by atoms with Crippen molar-refractivity contribution in [1.82, 2.24) is 20.6 Å². The predicted octanol–water partition coefficient (Wildman–Crippen LogP) is 3.39. The first-order valence-corrected chi connectivity index (χ1v) is 12.4. The maximum atomic E-state index is 13.4. The smallest absolute Gasteiger partial charge is 0.265 e. The van der Waals surface area contributed by atoms with E-state index in [1.54, 1.807) is 26.8 Å². The van der Waals surface area contributed by atoms with E-state index in [1.807, 2.05) is 24.8 Å². The van der Waals surface area contributed by atoms with Crippen LogP contribution < -0.4 is 15.5 Å². The molecule has 2 aliphatic rings. The Bertz CT molecular complexity index is 992. The largest absolute Gasteiger partial charge is 0.390 e. The summed E-state index contributed by atoms with van der Waals surface area (Å²) in [4.78, 5) is 28.3. The number of amides is 1. The van der Waals surface area contributed by atoms with Crippen LogP contribution in [-0.4, -0.2) is 65.1 Å². The van der Waals surface area contributed by atoms with E-state index in [1.165, 1.54) is 6.33 Å². The Morgan fingerprint density at radius 1 is 1.37 bits per heavy atom. The zero-order chi connectivity index (χ0) is 25.6. The Hall–Kier alpha value is -2.65. The molecule has 2 saturated heterocycles. The minimum absolute atomic E-state index is 0.0709. The zero-order valence-corrected chi connectivity index (χ0v) is 21.6. The van der Waals surface area contributed by atoms with Gasteiger partial charge >= 0.3 is 0 Å². The summed E-state index contributed by atoms with van der Waals surface area (Å²) in [6.45, 7) is 11.5. The first kappa shape index (κ1) is 26.9. The van der Waals surface area contributed by atoms with Gasteiger partial charge in [-0.2, -0.15) is 0 Å². The van der Waals surface area contributed by atoms with Gasteiger partial charge in [0.25, 0.3) is 5.91 Å². The minimum Gasteiger partial charge on any atom is -0.390 e. The van der Waals surface area contributed by atoms with Gasteiger partial charge in [-0.05, 0) is 84.5 Å². The van der Waals surface area contributed by atoms with E-state index >= 15 is 0 Å². The number of anilines is 1. The number of allylic oxidation sites excluding steroid dienone is 3. The summed E-state index contributed by atoms with van der Waals surface area (Å²) in [6, 6.07) is 0. The molecule has 2 aliphatic heterocycles. The number of aliphatic hydroxyl groups is 1. The molecular weight excluding hydrogens is 447 g/mol. The average molecular weight is 487 g/mol. The fraction of sp³-hybridized carbons (Fsp3) is 0.615. The fourth-order valence-electron chi connectivity index (χ4n) is 4.89. The maximum Gasteiger partial charge on any atom is 0.265 e. The molecule has 1 amide bonds. The topological polar surface area (TPSA) is 103 Å². The van der Waals surface area contributed by atoms with Crippen LogP contribution in [0.4, 0.5) is 15.9 Å². The summed E-state index contributed by atoms with van der Waals surface area (Å²) in [5.74, 6) is 0.765. The quantitative estimate of drug-likeness (QED) is 0.487. The van der Waals surface area contributed by atoms with Gasteiger partial charge in [-0.25, -0.2) is 19.4 Å². The van der Waals surface area contributed by atoms with Gasteiger partial charge in [0.1, 0.15) is 24.4 Å². The first-order chi connectivity index (χ1) is 16.6. The SMILES string of the molecule is CC=C1/C(=C\CF)C(CC(C)(C)O)CN1c1ncnc(C)c1N=C(C)C(=O)NCC1CCNCC1. The molecule has 3 N–H and O–H groups in total. The van der Waals surface area contributed by atoms with Crippen LogP contribution in [0.25, 0.3) is 0 Å². The van der Waals surface area contributed by atoms with Crippen LogP contribution in [0.5, 0.6) is 0 Å². The normalized spacial score (nSPS) is 22.3. The lowest BCUT2D eigenvalue weighted by Gasteiger charge is -2.23. The van der Waals surface area contributed by atoms with E-state index in [2.05, 4.69) is 25.6 Å². The second-order valence-electron chi connectivity index (χ2n) is 10.0. The fourth-order valence-corrected chi connectivity index (χ4v) is 4.89. The third-order valence-corrected chi connectivity index (χ3v) is 6.61. The van der Waals surface area contributed by atoms with Crippen molar-refractivity contribution in [3.8, 4) is 0 Å². The van der Waals surface area contributed by atoms with Gasteiger partial charge in [0.15, 0.2) is 5.82 Å². The third kappa shape index (κ3) is 6.95. The molecule has 0 saturated carbocycles. The zero-order valence-electron chi connectivity index (χ0n) is 21.6. The van der Waals surface area contributed by atoms with Crippen LogP contribution in [0.15, 0.2) is 34.7 Å². The van der Waals surface area contributed by atoms with Gasteiger partial charge in [-0.3, -0.25) is 4.79 Å². The summed E-state index contributed by atoms with van der Waals surface area (Å²) in [7, 11) is 0. The number of hydrogen-bond acceptors (Lipinski definition) is 7. The molecule has 192 valence electrons. The number of carbonyl (C=O) groups excluding carboxylic acids is 1. The highest BCUT2D eigenvalue weighted by atomic mass is 19.1. The van der Waals surface area contributed by atoms with Gasteiger partial charge in [0, 0.05) is 24.7 Å². The van der Waals surface area contributed by atoms with Gasteiger partial charge in [0.2, 0.25) is 0 Å². The standard InChI is InChI=1S/C26H39FN6O2/c1-6-22-21(7-10-27)20(13-26(4,5)35)15-33(22)24-23(17(2)30-16-31-24)32-18(3)25(34)29-14-19-8-11-28-12-9-19/h6-7,16,19-20,28,35H,8-15H2,1-5H3,(H,29,34)/b21-7-,22-6?,32-18?. The van der Waals surface area contributed by atoms with Gasteiger partial charge in [0.05, 0.1) is 11.3 Å². The van der Waals surface area contributed by atoms with Crippen molar-refractivity contribution in [3.05, 3.63) is 35.4 Å². The van der Waals surface area contributed by atoms with Crippen molar-refractivity contribution >= 4 is 23.1 Å². The number of hydrogen-bond donors (Lipinski definition) is 3. The molecule has 0 spiro atoms. The number of alkyl halides is 1. The number of nitrogens with zero attached hydrogens (tertiary/aromatic N) is 4. The number of aryl methyl sites for hydroxylation is 1. The lowest BCUT2D eigenvalue weighted by molar-refractivity contribution is -0.115. The maximum absolute atomic E-state index is 13.4. The average Bonchev–Trinajstić information content (AvgIpc) is 3.14. The van der Waals surface area contributed by atoms with E-state index in [9.17, 15) is 14.3 Å². The molecule has 3 rings (SSSR count). The summed E-state index contributed by atoms with van der Waals surface area (Å²) >= 11 is 0. The summed E-state index contributed by atoms with van der Waals surface area (Å²) in [5.41, 5.74) is 2.29. The van der Waals surface area contributed by atoms with Crippen molar-refractivity contribution in [2.75, 3.05) is 37.8 Å². The minimum atomic E-state index is -0.902. The molecule has 0 radical (unpaired) electrons. The van der Waals surface area contributed by atoms with E-state index in [4.69, 9.17) is 0 Å². The molecular formula is C26H39FN6O2. The molecule has 1 aromatic rings. The first-order valence-electron chi connectivity index (χ1n) is 12.4. The second kappa shape index (κ2) is 11.9. The Kier molecular flexibility index (Phi) is 9.13. The monoisotopic (exact) mass is 486 g/mol. The van der Waals surface area contributed by atoms with Crippen LogP contribution >= 0.6 is 0 Å². The molecule has 35 heavy (non-hydrogen) atoms. The molecule has 1 aromatic heterocycles. The summed E-state index contributed by atoms with van der Waals surface area (Å²) < 4.78 is 13.4. The van der Waals surface area contributed by atoms with Crippen LogP contribution in [0.2, 0.25) is 0 Å². The van der Waals surface area contributed by atoms with Crippen LogP contribution in [0.3, 0.4) is 0 Å². The lowest BCUT2D eigenvalue weighted by atomic mass is 9.89. The lowest BCUT2D eigenvalue weighted by Crippen LogP contribution is -2.38. The molecule has 3 heterocycles. The van der Waals surface area contributed by atoms with Crippen molar-refractivity contribution in [2.45, 2.75) is 59.5 Å². The van der Waals surface area contributed by atoms with E-state index in [-0.39, 0.29) is 11.8 Å². The highest BCUT2D eigenvalue weighted by Crippen LogP contribution is 2.42. The molecule has 0 aliphatic carbocycles. The van der Waals surface area contributed by atoms with Gasteiger partial charge < -0.3 is 20.6 Å². The van der Waals surface area contributed by atoms with Crippen molar-refractivity contribution in [1.29, 1.82) is 0 Å². The number of piperidine rings is 1. The Labute approximate surface area is 207 Å². The molecule has 1 unspecified atom stereocenters. The van der Waals surface area contributed by atoms with Crippen LogP contribution in [0, 0.1) is 18.8 Å². The molecule has 0 aromatic carbocycles. The highest BCUT2D eigenvalue weighted by molar-refractivity contribution is 6.38. The highest BCUT2D eigenvalue weighted by Gasteiger charge is 2.37. The Balaban J connectivity index is 1.88. The number of halogens is 1. The molecule has 8 nitrogen and oxygen atoms in total. The number of aromatic nitrogens is 2. The van der Waals surface area contributed by atoms with E-state index < -0.39 is 12.3 Å². The third-order valence-electron chi connectivity index (χ3n) is 6.61. The van der Waals surface area contributed by atoms with Crippen molar-refractivity contribution < 1.29 is 14.3 Å². The molecule has 2 fully saturated rings. The molecule has 9 heteroatoms. The van der Waals surface area contributed by atoms with Gasteiger partial charge in [-0.1, -0.05) is 6.08 Å². The number of aliphatic imine (C=N–C) groups is 1. The van der Waals surface area contributed by atoms with Crippen molar-refractivity contribution in [2.24, 2.45) is 16.8 Å². The Morgan fingerprint density at radius 3 is 2.71 bits per heavy atom. The Morgan fingerprint density at radius 2 is 2.09 bits per heavy atom. The molecule has 0 bridgehead atoms. The van der Waals surface area contributed by atoms with Crippen molar-refractivity contribution in [3.63, 3.8) is 0 Å². The summed E-state index contributed by atoms with van der Waals surface area (Å²) in [5, 5.41) is 16.8. The number of nitrogens with one attached hydrogen (secondary N) is 2. The second-order valence-corrected chi connectivity index (χ2v) is 10.0. The number of carbonyl (C=O) groups is 1. The predicted molar refractivity (Wildman–Crippen MR) is 138 cm³/mol. The number of rotatable bonds is 8. The van der Waals surface area contributed by atoms with E-state index in [0.29, 0.717) is 48.3 Å².